The van der Waals surface area contributed by atoms with Gasteiger partial charge in [-0.2, -0.15) is 0 Å². The zero-order valence-corrected chi connectivity index (χ0v) is 35.8. The van der Waals surface area contributed by atoms with Crippen LogP contribution in [0, 0.1) is 11.6 Å². The lowest BCUT2D eigenvalue weighted by Crippen LogP contribution is -2.27. The highest BCUT2D eigenvalue weighted by Gasteiger charge is 2.24. The zero-order valence-electron chi connectivity index (χ0n) is 33.4. The summed E-state index contributed by atoms with van der Waals surface area (Å²) >= 11 is 0. The predicted octanol–water partition coefficient (Wildman–Crippen LogP) is 3.81. The van der Waals surface area contributed by atoms with Crippen LogP contribution in [0.5, 0.6) is 5.75 Å². The summed E-state index contributed by atoms with van der Waals surface area (Å²) < 4.78 is 108. The van der Waals surface area contributed by atoms with Gasteiger partial charge in [0, 0.05) is 63.4 Å². The second-order valence-electron chi connectivity index (χ2n) is 13.2. The summed E-state index contributed by atoms with van der Waals surface area (Å²) in [5.41, 5.74) is -1.12. The summed E-state index contributed by atoms with van der Waals surface area (Å²) in [6.07, 6.45) is 9.77. The summed E-state index contributed by atoms with van der Waals surface area (Å²) in [6.45, 7) is 2.50. The molecule has 324 valence electrons. The van der Waals surface area contributed by atoms with Crippen molar-refractivity contribution >= 4 is 29.5 Å². The molecule has 3 aromatic heterocycles. The highest BCUT2D eigenvalue weighted by atomic mass is 32.2. The number of benzene rings is 3. The molecule has 0 spiro atoms. The minimum atomic E-state index is -3.97. The number of sulfone groups is 3. The SMILES string of the molecule is CCCCn1ccnc(S(=O)(=O)Cc2ccc(OC)cc2)c1=O.Cn1ccnc(S(=O)(=O)Cc2cccc(F)c2)c1=O.Cn1ccnc(S(=O)(=O)Cc2ccccc2F)c1=O. The van der Waals surface area contributed by atoms with E-state index in [4.69, 9.17) is 4.74 Å². The fourth-order valence-electron chi connectivity index (χ4n) is 5.33. The van der Waals surface area contributed by atoms with Crippen LogP contribution in [-0.2, 0) is 67.4 Å². The fraction of sp³-hybridized carbons (Fsp3) is 0.250. The van der Waals surface area contributed by atoms with E-state index < -0.39 is 84.4 Å². The first-order valence-corrected chi connectivity index (χ1v) is 23.1. The largest absolute Gasteiger partial charge is 0.497 e. The molecule has 0 unspecified atom stereocenters. The van der Waals surface area contributed by atoms with Gasteiger partial charge < -0.3 is 18.4 Å². The van der Waals surface area contributed by atoms with E-state index >= 15 is 0 Å². The van der Waals surface area contributed by atoms with Crippen LogP contribution in [-0.4, -0.2) is 61.0 Å². The first kappa shape index (κ1) is 47.5. The minimum absolute atomic E-state index is 0.00945. The number of nitrogens with zero attached hydrogens (tertiary/aromatic N) is 6. The average molecular weight is 901 g/mol. The molecular weight excluding hydrogens is 859 g/mol. The Morgan fingerprint density at radius 1 is 0.607 bits per heavy atom. The van der Waals surface area contributed by atoms with E-state index in [2.05, 4.69) is 15.0 Å². The Bertz CT molecular complexity index is 2990. The standard InChI is InChI=1S/C16H20N2O4S.2C12H11FN2O3S/c1-3-4-10-18-11-9-17-15(16(18)19)23(20,21)12-13-5-7-14(22-2)8-6-13;1-15-6-5-14-11(12(15)16)19(17,18)8-9-3-2-4-10(13)7-9;1-15-7-6-14-11(12(15)16)19(17,18)8-9-4-2-3-5-10(9)13/h5-9,11H,3-4,10,12H2,1-2H3;2*2-7H,8H2,1H3. The molecule has 16 nitrogen and oxygen atoms in total. The molecular formula is C40H42F2N6O10S3. The van der Waals surface area contributed by atoms with E-state index in [0.717, 1.165) is 28.0 Å². The van der Waals surface area contributed by atoms with Gasteiger partial charge in [-0.3, -0.25) is 14.4 Å². The Balaban J connectivity index is 0.000000203. The Hall–Kier alpha value is -6.19. The molecule has 0 amide bonds. The van der Waals surface area contributed by atoms with Crippen molar-refractivity contribution in [1.82, 2.24) is 28.7 Å². The third kappa shape index (κ3) is 12.9. The number of ether oxygens (including phenoxy) is 1. The first-order valence-electron chi connectivity index (χ1n) is 18.2. The summed E-state index contributed by atoms with van der Waals surface area (Å²) in [5.74, 6) is -1.83. The van der Waals surface area contributed by atoms with Crippen molar-refractivity contribution in [1.29, 1.82) is 0 Å². The second kappa shape index (κ2) is 20.9. The van der Waals surface area contributed by atoms with E-state index in [1.165, 1.54) is 98.3 Å². The minimum Gasteiger partial charge on any atom is -0.497 e. The van der Waals surface area contributed by atoms with Gasteiger partial charge >= 0.3 is 0 Å². The molecule has 0 aliphatic rings. The van der Waals surface area contributed by atoms with Gasteiger partial charge in [0.25, 0.3) is 16.7 Å². The molecule has 6 rings (SSSR count). The molecule has 0 radical (unpaired) electrons. The van der Waals surface area contributed by atoms with Crippen LogP contribution in [0.2, 0.25) is 0 Å². The van der Waals surface area contributed by atoms with E-state index in [0.29, 0.717) is 17.9 Å². The van der Waals surface area contributed by atoms with Crippen LogP contribution in [0.15, 0.2) is 139 Å². The molecule has 61 heavy (non-hydrogen) atoms. The molecule has 0 fully saturated rings. The normalized spacial score (nSPS) is 11.4. The van der Waals surface area contributed by atoms with E-state index in [-0.39, 0.29) is 16.9 Å². The van der Waals surface area contributed by atoms with Gasteiger partial charge in [-0.05, 0) is 47.9 Å². The van der Waals surface area contributed by atoms with Gasteiger partial charge in [0.1, 0.15) is 17.4 Å². The molecule has 3 heterocycles. The highest BCUT2D eigenvalue weighted by molar-refractivity contribution is 7.91. The lowest BCUT2D eigenvalue weighted by Gasteiger charge is -2.08. The van der Waals surface area contributed by atoms with E-state index in [9.17, 15) is 48.4 Å². The number of hydrogen-bond acceptors (Lipinski definition) is 13. The summed E-state index contributed by atoms with van der Waals surface area (Å²) in [7, 11) is -7.27. The lowest BCUT2D eigenvalue weighted by atomic mass is 10.2. The monoisotopic (exact) mass is 900 g/mol. The van der Waals surface area contributed by atoms with Crippen molar-refractivity contribution in [3.05, 3.63) is 169 Å². The number of hydrogen-bond donors (Lipinski definition) is 0. The average Bonchev–Trinajstić information content (AvgIpc) is 3.20. The summed E-state index contributed by atoms with van der Waals surface area (Å²) in [4.78, 5) is 46.8. The molecule has 0 N–H and O–H groups in total. The van der Waals surface area contributed by atoms with Crippen molar-refractivity contribution in [2.24, 2.45) is 14.1 Å². The zero-order chi connectivity index (χ0) is 45.0. The van der Waals surface area contributed by atoms with Crippen molar-refractivity contribution in [3.8, 4) is 5.75 Å². The molecule has 6 aromatic rings. The van der Waals surface area contributed by atoms with E-state index in [1.807, 2.05) is 6.92 Å². The Kier molecular flexibility index (Phi) is 16.2. The van der Waals surface area contributed by atoms with Crippen LogP contribution in [0.3, 0.4) is 0 Å². The fourth-order valence-corrected chi connectivity index (χ4v) is 9.51. The van der Waals surface area contributed by atoms with Gasteiger partial charge in [-0.25, -0.2) is 49.0 Å². The van der Waals surface area contributed by atoms with Crippen LogP contribution >= 0.6 is 0 Å². The smallest absolute Gasteiger partial charge is 0.288 e. The topological polar surface area (TPSA) is 216 Å². The van der Waals surface area contributed by atoms with Crippen LogP contribution in [0.1, 0.15) is 36.5 Å². The van der Waals surface area contributed by atoms with Crippen LogP contribution in [0.25, 0.3) is 0 Å². The van der Waals surface area contributed by atoms with Gasteiger partial charge in [-0.15, -0.1) is 0 Å². The molecule has 0 atom stereocenters. The molecule has 0 saturated carbocycles. The molecule has 21 heteroatoms. The third-order valence-corrected chi connectivity index (χ3v) is 13.3. The van der Waals surface area contributed by atoms with E-state index in [1.54, 1.807) is 31.4 Å². The molecule has 0 saturated heterocycles. The van der Waals surface area contributed by atoms with Gasteiger partial charge in [0.05, 0.1) is 24.4 Å². The van der Waals surface area contributed by atoms with Crippen molar-refractivity contribution in [2.75, 3.05) is 7.11 Å². The van der Waals surface area contributed by atoms with Crippen molar-refractivity contribution in [3.63, 3.8) is 0 Å². The molecule has 0 aliphatic carbocycles. The Morgan fingerprint density at radius 3 is 1.64 bits per heavy atom. The highest BCUT2D eigenvalue weighted by Crippen LogP contribution is 2.17. The van der Waals surface area contributed by atoms with Crippen molar-refractivity contribution < 1.29 is 38.8 Å². The number of unbranched alkanes of at least 4 members (excludes halogenated alkanes) is 1. The summed E-state index contributed by atoms with van der Waals surface area (Å²) in [5, 5.41) is -1.49. The number of rotatable bonds is 13. The number of halogens is 2. The van der Waals surface area contributed by atoms with Crippen LogP contribution < -0.4 is 21.4 Å². The first-order chi connectivity index (χ1) is 28.8. The van der Waals surface area contributed by atoms with Gasteiger partial charge in [-0.1, -0.05) is 55.8 Å². The van der Waals surface area contributed by atoms with Gasteiger partial charge in [0.15, 0.2) is 0 Å². The van der Waals surface area contributed by atoms with Crippen molar-refractivity contribution in [2.45, 2.75) is 58.6 Å². The van der Waals surface area contributed by atoms with Gasteiger partial charge in [0.2, 0.25) is 44.6 Å². The molecule has 0 bridgehead atoms. The number of aryl methyl sites for hydroxylation is 3. The number of methoxy groups -OCH3 is 1. The maximum absolute atomic E-state index is 13.4. The maximum Gasteiger partial charge on any atom is 0.288 e. The maximum atomic E-state index is 13.4. The molecule has 3 aromatic carbocycles. The molecule has 0 aliphatic heterocycles. The number of aromatic nitrogens is 6. The summed E-state index contributed by atoms with van der Waals surface area (Å²) in [6, 6.07) is 17.4. The Morgan fingerprint density at radius 2 is 1.11 bits per heavy atom. The third-order valence-electron chi connectivity index (χ3n) is 8.55. The van der Waals surface area contributed by atoms with Crippen LogP contribution in [0.4, 0.5) is 8.78 Å². The Labute approximate surface area is 350 Å². The second-order valence-corrected chi connectivity index (χ2v) is 18.9. The quantitative estimate of drug-likeness (QED) is 0.161. The predicted molar refractivity (Wildman–Crippen MR) is 221 cm³/mol. The lowest BCUT2D eigenvalue weighted by molar-refractivity contribution is 0.414.